The first-order chi connectivity index (χ1) is 17.0. The summed E-state index contributed by atoms with van der Waals surface area (Å²) in [6, 6.07) is 6.44. The molecule has 2 saturated carbocycles. The van der Waals surface area contributed by atoms with E-state index in [-0.39, 0.29) is 46.3 Å². The zero-order valence-electron chi connectivity index (χ0n) is 20.7. The van der Waals surface area contributed by atoms with Crippen LogP contribution in [0.4, 0.5) is 10.1 Å². The van der Waals surface area contributed by atoms with Crippen LogP contribution in [0.5, 0.6) is 0 Å². The van der Waals surface area contributed by atoms with Crippen LogP contribution >= 0.6 is 0 Å². The Hall–Kier alpha value is -1.90. The molecule has 8 heteroatoms. The summed E-state index contributed by atoms with van der Waals surface area (Å²) in [5.74, 6) is 0.730. The van der Waals surface area contributed by atoms with Crippen molar-refractivity contribution in [3.63, 3.8) is 0 Å². The maximum atomic E-state index is 13.7. The van der Waals surface area contributed by atoms with Crippen molar-refractivity contribution >= 4 is 28.5 Å². The second-order valence-electron chi connectivity index (χ2n) is 10.9. The first kappa shape index (κ1) is 27.1. The molecule has 1 aliphatic heterocycles. The molecular weight excluding hydrogens is 504 g/mol. The zero-order chi connectivity index (χ0) is 24.4. The molecule has 2 amide bonds. The van der Waals surface area contributed by atoms with Crippen LogP contribution in [0.25, 0.3) is 11.0 Å². The second-order valence-corrected chi connectivity index (χ2v) is 10.9. The number of fused-ring (bicyclic) bond motifs is 1. The number of amides is 2. The van der Waals surface area contributed by atoms with Crippen LogP contribution in [0.2, 0.25) is 0 Å². The predicted octanol–water partition coefficient (Wildman–Crippen LogP) is 5.07. The van der Waals surface area contributed by atoms with E-state index in [9.17, 15) is 14.0 Å². The summed E-state index contributed by atoms with van der Waals surface area (Å²) < 4.78 is 18.3. The van der Waals surface area contributed by atoms with E-state index in [0.29, 0.717) is 18.2 Å². The molecule has 1 saturated heterocycles. The number of benzene rings is 1. The number of rotatable bonds is 6. The van der Waals surface area contributed by atoms with Gasteiger partial charge in [-0.05, 0) is 67.8 Å². The molecule has 0 spiro atoms. The van der Waals surface area contributed by atoms with E-state index in [2.05, 4.69) is 11.6 Å². The van der Waals surface area contributed by atoms with Crippen molar-refractivity contribution in [2.75, 3.05) is 18.5 Å². The summed E-state index contributed by atoms with van der Waals surface area (Å²) in [4.78, 5) is 29.3. The summed E-state index contributed by atoms with van der Waals surface area (Å²) in [6.07, 6.45) is 12.6. The van der Waals surface area contributed by atoms with Crippen molar-refractivity contribution in [2.45, 2.75) is 76.3 Å². The van der Waals surface area contributed by atoms with Crippen molar-refractivity contribution in [1.29, 1.82) is 0 Å². The molecule has 6 nitrogen and oxygen atoms in total. The van der Waals surface area contributed by atoms with E-state index in [1.807, 2.05) is 23.1 Å². The maximum Gasteiger partial charge on any atom is 0.247 e. The van der Waals surface area contributed by atoms with E-state index < -0.39 is 18.8 Å². The van der Waals surface area contributed by atoms with Gasteiger partial charge in [-0.25, -0.2) is 4.39 Å². The monoisotopic (exact) mass is 541 g/mol. The fourth-order valence-electron chi connectivity index (χ4n) is 6.81. The molecule has 1 aromatic carbocycles. The number of halogens is 1. The van der Waals surface area contributed by atoms with Crippen molar-refractivity contribution in [3.05, 3.63) is 30.5 Å². The number of hydrogen-bond acceptors (Lipinski definition) is 4. The molecule has 3 atom stereocenters. The molecule has 1 aromatic heterocycles. The van der Waals surface area contributed by atoms with Gasteiger partial charge in [0, 0.05) is 41.0 Å². The smallest absolute Gasteiger partial charge is 0.247 e. The largest absolute Gasteiger partial charge is 0.591 e. The zero-order valence-corrected chi connectivity index (χ0v) is 21.8. The van der Waals surface area contributed by atoms with Crippen molar-refractivity contribution < 1.29 is 35.2 Å². The summed E-state index contributed by atoms with van der Waals surface area (Å²) >= 11 is 0. The Kier molecular flexibility index (Phi) is 9.12. The third-order valence-corrected chi connectivity index (χ3v) is 8.82. The number of nitrogens with one attached hydrogen (secondary N) is 1. The second kappa shape index (κ2) is 12.1. The molecule has 3 fully saturated rings. The molecule has 1 radical (unpaired) electrons. The summed E-state index contributed by atoms with van der Waals surface area (Å²) in [7, 11) is 0. The Balaban J connectivity index is 0.00000304. The van der Waals surface area contributed by atoms with Crippen LogP contribution < -0.4 is 11.1 Å². The van der Waals surface area contributed by atoms with Gasteiger partial charge in [0.25, 0.3) is 0 Å². The van der Waals surface area contributed by atoms with Crippen LogP contribution in [-0.4, -0.2) is 42.0 Å². The molecule has 3 N–H and O–H groups in total. The standard InChI is InChI=1S/C28H37FN3O3.Co/c29-17-24(30)19-6-8-20(9-7-19)28(34)32-14-12-23(18-4-2-1-3-5-18)26(32)27(33)31-22-10-11-25-21(16-22)13-15-35-25;/h10-11,13,16,18-20,23-24,26H,1-9,12,14,17,30H2,(H,31,33);/q-1;/t19?,20?,23-,24-,26-;/m0./s1. The Morgan fingerprint density at radius 3 is 2.58 bits per heavy atom. The number of carbonyl (C=O) groups excluding carboxylic acids is 2. The third-order valence-electron chi connectivity index (χ3n) is 8.82. The van der Waals surface area contributed by atoms with E-state index in [1.165, 1.54) is 19.3 Å². The van der Waals surface area contributed by atoms with Crippen LogP contribution in [0.1, 0.15) is 64.2 Å². The van der Waals surface area contributed by atoms with Crippen LogP contribution in [0.3, 0.4) is 0 Å². The quantitative estimate of drug-likeness (QED) is 0.500. The average molecular weight is 542 g/mol. The van der Waals surface area contributed by atoms with E-state index >= 15 is 0 Å². The molecule has 5 rings (SSSR count). The van der Waals surface area contributed by atoms with Crippen molar-refractivity contribution in [2.24, 2.45) is 29.4 Å². The number of nitrogens with zero attached hydrogens (tertiary/aromatic N) is 1. The van der Waals surface area contributed by atoms with Gasteiger partial charge in [0.15, 0.2) is 0 Å². The minimum Gasteiger partial charge on any atom is -0.591 e. The summed E-state index contributed by atoms with van der Waals surface area (Å²) in [6.45, 7) is 0.126. The molecule has 199 valence electrons. The topological polar surface area (TPSA) is 88.6 Å². The van der Waals surface area contributed by atoms with Gasteiger partial charge in [-0.3, -0.25) is 9.59 Å². The van der Waals surface area contributed by atoms with Gasteiger partial charge >= 0.3 is 0 Å². The van der Waals surface area contributed by atoms with Gasteiger partial charge in [-0.15, -0.1) is 11.5 Å². The summed E-state index contributed by atoms with van der Waals surface area (Å²) in [5.41, 5.74) is 7.36. The number of carbonyl (C=O) groups is 2. The molecule has 2 aromatic rings. The normalized spacial score (nSPS) is 28.0. The average Bonchev–Trinajstić information content (AvgIpc) is 3.55. The fourth-order valence-corrected chi connectivity index (χ4v) is 6.81. The Labute approximate surface area is 223 Å². The molecule has 0 bridgehead atoms. The summed E-state index contributed by atoms with van der Waals surface area (Å²) in [5, 5.41) is 3.99. The first-order valence-electron chi connectivity index (χ1n) is 13.4. The minimum absolute atomic E-state index is 0. The maximum absolute atomic E-state index is 13.7. The van der Waals surface area contributed by atoms with E-state index in [4.69, 9.17) is 10.2 Å². The van der Waals surface area contributed by atoms with Crippen LogP contribution in [0.15, 0.2) is 28.7 Å². The van der Waals surface area contributed by atoms with E-state index in [0.717, 1.165) is 55.9 Å². The van der Waals surface area contributed by atoms with Crippen molar-refractivity contribution in [3.8, 4) is 0 Å². The molecule has 36 heavy (non-hydrogen) atoms. The van der Waals surface area contributed by atoms with Gasteiger partial charge in [0.1, 0.15) is 12.7 Å². The van der Waals surface area contributed by atoms with Gasteiger partial charge in [-0.1, -0.05) is 44.2 Å². The van der Waals surface area contributed by atoms with Gasteiger partial charge in [0.05, 0.1) is 0 Å². The van der Waals surface area contributed by atoms with Crippen LogP contribution in [0, 0.1) is 29.9 Å². The van der Waals surface area contributed by atoms with Gasteiger partial charge in [0.2, 0.25) is 11.8 Å². The predicted molar refractivity (Wildman–Crippen MR) is 133 cm³/mol. The fraction of sp³-hybridized carbons (Fsp3) is 0.643. The number of anilines is 1. The minimum atomic E-state index is -0.511. The molecular formula is C28H37CoFN3O3-. The number of hydrogen-bond donors (Lipinski definition) is 2. The molecule has 2 aliphatic carbocycles. The SMILES string of the molecule is N[C@@H](CF)C1CCC(C(=O)N2CC[C@@H](C3CCCCC3)[C@H]2C(=O)Nc2ccc3o[c-]cc3c2)CC1.[Co]. The Morgan fingerprint density at radius 1 is 1.11 bits per heavy atom. The van der Waals surface area contributed by atoms with Gasteiger partial charge < -0.3 is 20.4 Å². The van der Waals surface area contributed by atoms with Gasteiger partial charge in [-0.2, -0.15) is 0 Å². The Bertz CT molecular complexity index is 1030. The molecule has 2 heterocycles. The molecule has 3 aliphatic rings. The number of furan rings is 1. The third kappa shape index (κ3) is 5.65. The molecule has 0 unspecified atom stereocenters. The number of alkyl halides is 1. The first-order valence-corrected chi connectivity index (χ1v) is 13.4. The van der Waals surface area contributed by atoms with Crippen LogP contribution in [-0.2, 0) is 26.4 Å². The Morgan fingerprint density at radius 2 is 1.86 bits per heavy atom. The number of nitrogens with two attached hydrogens (primary N) is 1. The van der Waals surface area contributed by atoms with Crippen molar-refractivity contribution in [1.82, 2.24) is 4.90 Å². The van der Waals surface area contributed by atoms with E-state index in [1.54, 1.807) is 6.07 Å². The number of likely N-dealkylation sites (tertiary alicyclic amines) is 1.